The van der Waals surface area contributed by atoms with Crippen LogP contribution in [0, 0.1) is 6.92 Å². The molecule has 0 spiro atoms. The molecule has 0 fully saturated rings. The van der Waals surface area contributed by atoms with Gasteiger partial charge in [-0.25, -0.2) is 4.99 Å². The number of hydrogen-bond acceptors (Lipinski definition) is 6. The Labute approximate surface area is 129 Å². The third kappa shape index (κ3) is 3.28. The van der Waals surface area contributed by atoms with Crippen LogP contribution in [-0.2, 0) is 14.9 Å². The van der Waals surface area contributed by atoms with Crippen LogP contribution in [-0.4, -0.2) is 52.3 Å². The summed E-state index contributed by atoms with van der Waals surface area (Å²) in [4.78, 5) is 4.11. The Balaban J connectivity index is 2.45. The van der Waals surface area contributed by atoms with Gasteiger partial charge < -0.3 is 10.1 Å². The highest BCUT2D eigenvalue weighted by Crippen LogP contribution is 2.31. The first-order valence-electron chi connectivity index (χ1n) is 6.82. The minimum atomic E-state index is -4.38. The fraction of sp³-hybridized carbons (Fsp3) is 0.462. The SMILES string of the molecule is COCCNC1=NCC[N+]1(N)c1cc(C)ccc1S(=O)(=O)O. The smallest absolute Gasteiger partial charge is 0.323 e. The summed E-state index contributed by atoms with van der Waals surface area (Å²) in [7, 11) is -2.79. The predicted molar refractivity (Wildman–Crippen MR) is 84.0 cm³/mol. The molecule has 0 radical (unpaired) electrons. The lowest BCUT2D eigenvalue weighted by atomic mass is 10.2. The standard InChI is InChI=1S/C13H20N4O4S/c1-10-3-4-12(22(18,19)20)11(9-10)17(14)7-5-15-13(17)16-6-8-21-2/h3-4,9H,5-8,14H2,1-2H3,(H-,15,16,18,19,20)/p+1. The lowest BCUT2D eigenvalue weighted by molar-refractivity contribution is 0.203. The zero-order chi connectivity index (χ0) is 16.4. The molecule has 0 bridgehead atoms. The molecule has 122 valence electrons. The molecule has 22 heavy (non-hydrogen) atoms. The average molecular weight is 329 g/mol. The zero-order valence-corrected chi connectivity index (χ0v) is 13.4. The van der Waals surface area contributed by atoms with Crippen molar-refractivity contribution >= 4 is 21.8 Å². The van der Waals surface area contributed by atoms with Crippen LogP contribution in [0.2, 0.25) is 0 Å². The van der Waals surface area contributed by atoms with Crippen LogP contribution in [0.15, 0.2) is 28.1 Å². The Bertz CT molecular complexity index is 689. The molecule has 1 atom stereocenters. The molecule has 0 saturated heterocycles. The molecule has 2 rings (SSSR count). The summed E-state index contributed by atoms with van der Waals surface area (Å²) in [6, 6.07) is 4.63. The van der Waals surface area contributed by atoms with Crippen molar-refractivity contribution < 1.29 is 17.7 Å². The van der Waals surface area contributed by atoms with Crippen molar-refractivity contribution in [2.24, 2.45) is 10.8 Å². The Morgan fingerprint density at radius 1 is 1.50 bits per heavy atom. The molecule has 0 saturated carbocycles. The van der Waals surface area contributed by atoms with Gasteiger partial charge in [0.1, 0.15) is 6.54 Å². The molecule has 1 unspecified atom stereocenters. The Kier molecular flexibility index (Phi) is 4.83. The molecular formula is C13H21N4O4S+. The van der Waals surface area contributed by atoms with Crippen LogP contribution < -0.4 is 15.8 Å². The van der Waals surface area contributed by atoms with Crippen LogP contribution in [0.25, 0.3) is 0 Å². The average Bonchev–Trinajstić information content (AvgIpc) is 2.80. The van der Waals surface area contributed by atoms with Gasteiger partial charge in [0, 0.05) is 19.7 Å². The number of guanidine groups is 1. The number of benzene rings is 1. The van der Waals surface area contributed by atoms with Gasteiger partial charge >= 0.3 is 16.1 Å². The van der Waals surface area contributed by atoms with Gasteiger partial charge in [0.05, 0.1) is 13.2 Å². The van der Waals surface area contributed by atoms with Gasteiger partial charge in [-0.3, -0.25) is 4.55 Å². The van der Waals surface area contributed by atoms with Crippen LogP contribution in [0.4, 0.5) is 5.69 Å². The molecule has 1 heterocycles. The van der Waals surface area contributed by atoms with Crippen LogP contribution >= 0.6 is 0 Å². The summed E-state index contributed by atoms with van der Waals surface area (Å²) >= 11 is 0. The summed E-state index contributed by atoms with van der Waals surface area (Å²) in [6.45, 7) is 3.66. The molecule has 1 aromatic carbocycles. The number of ether oxygens (including phenoxy) is 1. The summed E-state index contributed by atoms with van der Waals surface area (Å²) in [5.74, 6) is 6.85. The number of nitrogens with two attached hydrogens (primary N) is 1. The summed E-state index contributed by atoms with van der Waals surface area (Å²) in [5.41, 5.74) is 1.14. The van der Waals surface area contributed by atoms with E-state index in [9.17, 15) is 13.0 Å². The highest BCUT2D eigenvalue weighted by atomic mass is 32.2. The topological polar surface area (TPSA) is 114 Å². The monoisotopic (exact) mass is 329 g/mol. The largest absolute Gasteiger partial charge is 0.383 e. The fourth-order valence-electron chi connectivity index (χ4n) is 2.40. The fourth-order valence-corrected chi connectivity index (χ4v) is 3.13. The number of methoxy groups -OCH3 is 1. The molecule has 9 heteroatoms. The molecular weight excluding hydrogens is 308 g/mol. The number of hydrogen-bond donors (Lipinski definition) is 3. The second-order valence-corrected chi connectivity index (χ2v) is 6.55. The summed E-state index contributed by atoms with van der Waals surface area (Å²) in [6.07, 6.45) is 0. The molecule has 0 amide bonds. The van der Waals surface area contributed by atoms with E-state index < -0.39 is 10.1 Å². The maximum Gasteiger partial charge on any atom is 0.323 e. The van der Waals surface area contributed by atoms with E-state index in [-0.39, 0.29) is 9.49 Å². The molecule has 8 nitrogen and oxygen atoms in total. The third-order valence-electron chi connectivity index (χ3n) is 3.50. The second-order valence-electron chi connectivity index (χ2n) is 5.16. The van der Waals surface area contributed by atoms with Crippen molar-refractivity contribution in [3.05, 3.63) is 23.8 Å². The lowest BCUT2D eigenvalue weighted by Crippen LogP contribution is -2.63. The zero-order valence-electron chi connectivity index (χ0n) is 12.6. The van der Waals surface area contributed by atoms with Gasteiger partial charge in [-0.1, -0.05) is 6.07 Å². The first-order valence-corrected chi connectivity index (χ1v) is 8.26. The minimum Gasteiger partial charge on any atom is -0.383 e. The molecule has 4 N–H and O–H groups in total. The molecule has 0 aliphatic carbocycles. The number of nitrogens with zero attached hydrogens (tertiary/aromatic N) is 2. The summed E-state index contributed by atoms with van der Waals surface area (Å²) in [5, 5.41) is 3.07. The van der Waals surface area contributed by atoms with Gasteiger partial charge in [-0.2, -0.15) is 18.9 Å². The van der Waals surface area contributed by atoms with Crippen molar-refractivity contribution in [2.75, 3.05) is 33.4 Å². The van der Waals surface area contributed by atoms with Crippen molar-refractivity contribution in [2.45, 2.75) is 11.8 Å². The number of nitrogens with one attached hydrogen (secondary N) is 1. The number of quaternary nitrogens is 1. The maximum absolute atomic E-state index is 11.6. The summed E-state index contributed by atoms with van der Waals surface area (Å²) < 4.78 is 37.4. The highest BCUT2D eigenvalue weighted by molar-refractivity contribution is 7.86. The van der Waals surface area contributed by atoms with Crippen molar-refractivity contribution in [3.8, 4) is 0 Å². The Hall–Kier alpha value is -1.52. The highest BCUT2D eigenvalue weighted by Gasteiger charge is 2.42. The van der Waals surface area contributed by atoms with Gasteiger partial charge in [0.2, 0.25) is 0 Å². The van der Waals surface area contributed by atoms with E-state index in [2.05, 4.69) is 10.3 Å². The van der Waals surface area contributed by atoms with Crippen molar-refractivity contribution in [1.29, 1.82) is 0 Å². The van der Waals surface area contributed by atoms with Crippen LogP contribution in [0.1, 0.15) is 5.56 Å². The number of aryl methyl sites for hydroxylation is 1. The van der Waals surface area contributed by atoms with E-state index in [1.807, 2.05) is 6.92 Å². The Morgan fingerprint density at radius 2 is 2.23 bits per heavy atom. The van der Waals surface area contributed by atoms with Crippen molar-refractivity contribution in [1.82, 2.24) is 9.91 Å². The molecule has 1 aliphatic heterocycles. The Morgan fingerprint density at radius 3 is 2.86 bits per heavy atom. The predicted octanol–water partition coefficient (Wildman–Crippen LogP) is 0.0283. The van der Waals surface area contributed by atoms with Crippen LogP contribution in [0.3, 0.4) is 0 Å². The number of rotatable bonds is 5. The van der Waals surface area contributed by atoms with Gasteiger partial charge in [-0.15, -0.1) is 0 Å². The third-order valence-corrected chi connectivity index (χ3v) is 4.40. The van der Waals surface area contributed by atoms with E-state index in [1.54, 1.807) is 19.2 Å². The van der Waals surface area contributed by atoms with Crippen LogP contribution in [0.5, 0.6) is 0 Å². The van der Waals surface area contributed by atoms with Gasteiger partial charge in [0.15, 0.2) is 10.6 Å². The first-order chi connectivity index (χ1) is 10.3. The molecule has 1 aromatic rings. The van der Waals surface area contributed by atoms with Crippen molar-refractivity contribution in [3.63, 3.8) is 0 Å². The number of aliphatic imine (C=N–C) groups is 1. The van der Waals surface area contributed by atoms with E-state index in [0.29, 0.717) is 37.9 Å². The first kappa shape index (κ1) is 16.8. The van der Waals surface area contributed by atoms with E-state index in [4.69, 9.17) is 10.6 Å². The maximum atomic E-state index is 11.6. The van der Waals surface area contributed by atoms with E-state index in [1.165, 1.54) is 6.07 Å². The molecule has 1 aliphatic rings. The normalized spacial score (nSPS) is 21.7. The van der Waals surface area contributed by atoms with E-state index in [0.717, 1.165) is 5.56 Å². The van der Waals surface area contributed by atoms with Gasteiger partial charge in [0.25, 0.3) is 0 Å². The molecule has 0 aromatic heterocycles. The second kappa shape index (κ2) is 6.31. The van der Waals surface area contributed by atoms with Gasteiger partial charge in [-0.05, 0) is 18.6 Å². The van der Waals surface area contributed by atoms with E-state index >= 15 is 0 Å². The lowest BCUT2D eigenvalue weighted by Gasteiger charge is -2.29. The quantitative estimate of drug-likeness (QED) is 0.304. The minimum absolute atomic E-state index is 0.205.